The summed E-state index contributed by atoms with van der Waals surface area (Å²) in [6, 6.07) is 14.2. The summed E-state index contributed by atoms with van der Waals surface area (Å²) in [5.41, 5.74) is 2.24. The second kappa shape index (κ2) is 8.53. The number of benzene rings is 2. The quantitative estimate of drug-likeness (QED) is 0.413. The van der Waals surface area contributed by atoms with E-state index in [1.54, 1.807) is 30.1 Å². The van der Waals surface area contributed by atoms with Crippen molar-refractivity contribution in [2.75, 3.05) is 7.05 Å². The molecule has 0 aliphatic carbocycles. The molecule has 2 aromatic heterocycles. The summed E-state index contributed by atoms with van der Waals surface area (Å²) in [4.78, 5) is 18.6. The van der Waals surface area contributed by atoms with Crippen molar-refractivity contribution in [3.05, 3.63) is 77.8 Å². The van der Waals surface area contributed by atoms with Gasteiger partial charge in [0.15, 0.2) is 11.7 Å². The fourth-order valence-electron chi connectivity index (χ4n) is 3.55. The Balaban J connectivity index is 1.41. The van der Waals surface area contributed by atoms with E-state index < -0.39 is 0 Å². The zero-order chi connectivity index (χ0) is 21.1. The SMILES string of the molecule is CCc1oc2ccccc2c1CN(C)C(=O)CCc1ncc(-c2ccccc2F)o1. The highest BCUT2D eigenvalue weighted by Crippen LogP contribution is 2.28. The monoisotopic (exact) mass is 406 g/mol. The average Bonchev–Trinajstić information content (AvgIpc) is 3.37. The summed E-state index contributed by atoms with van der Waals surface area (Å²) in [5.74, 6) is 1.29. The van der Waals surface area contributed by atoms with E-state index in [-0.39, 0.29) is 18.1 Å². The molecule has 0 saturated carbocycles. The molecule has 4 aromatic rings. The summed E-state index contributed by atoms with van der Waals surface area (Å²) in [6.45, 7) is 2.52. The molecular weight excluding hydrogens is 383 g/mol. The molecule has 0 atom stereocenters. The molecule has 4 rings (SSSR count). The minimum Gasteiger partial charge on any atom is -0.461 e. The zero-order valence-electron chi connectivity index (χ0n) is 17.0. The molecule has 2 aromatic carbocycles. The number of oxazole rings is 1. The van der Waals surface area contributed by atoms with Gasteiger partial charge in [0.1, 0.15) is 17.2 Å². The van der Waals surface area contributed by atoms with E-state index in [2.05, 4.69) is 4.98 Å². The predicted molar refractivity (Wildman–Crippen MR) is 112 cm³/mol. The van der Waals surface area contributed by atoms with Gasteiger partial charge in [0.05, 0.1) is 11.8 Å². The minimum atomic E-state index is -0.366. The van der Waals surface area contributed by atoms with Gasteiger partial charge in [-0.1, -0.05) is 37.3 Å². The maximum atomic E-state index is 13.9. The van der Waals surface area contributed by atoms with Crippen molar-refractivity contribution < 1.29 is 18.0 Å². The number of nitrogens with zero attached hydrogens (tertiary/aromatic N) is 2. The molecule has 0 unspecified atom stereocenters. The first-order chi connectivity index (χ1) is 14.6. The molecule has 154 valence electrons. The van der Waals surface area contributed by atoms with E-state index in [0.717, 1.165) is 28.7 Å². The highest BCUT2D eigenvalue weighted by Gasteiger charge is 2.18. The summed E-state index contributed by atoms with van der Waals surface area (Å²) < 4.78 is 25.5. The second-order valence-corrected chi connectivity index (χ2v) is 7.20. The largest absolute Gasteiger partial charge is 0.461 e. The number of hydrogen-bond acceptors (Lipinski definition) is 4. The number of hydrogen-bond donors (Lipinski definition) is 0. The van der Waals surface area contributed by atoms with Crippen LogP contribution in [0.15, 0.2) is 63.6 Å². The van der Waals surface area contributed by atoms with Gasteiger partial charge in [-0.15, -0.1) is 0 Å². The molecule has 0 aliphatic rings. The number of carbonyl (C=O) groups is 1. The number of fused-ring (bicyclic) bond motifs is 1. The third-order valence-electron chi connectivity index (χ3n) is 5.17. The lowest BCUT2D eigenvalue weighted by Crippen LogP contribution is -2.26. The molecule has 30 heavy (non-hydrogen) atoms. The topological polar surface area (TPSA) is 59.5 Å². The molecule has 1 amide bonds. The summed E-state index contributed by atoms with van der Waals surface area (Å²) in [7, 11) is 1.78. The lowest BCUT2D eigenvalue weighted by molar-refractivity contribution is -0.130. The number of amides is 1. The van der Waals surface area contributed by atoms with Crippen molar-refractivity contribution in [1.82, 2.24) is 9.88 Å². The van der Waals surface area contributed by atoms with Crippen LogP contribution >= 0.6 is 0 Å². The highest BCUT2D eigenvalue weighted by molar-refractivity contribution is 5.83. The Bertz CT molecular complexity index is 1180. The van der Waals surface area contributed by atoms with Gasteiger partial charge in [0.2, 0.25) is 5.91 Å². The van der Waals surface area contributed by atoms with Crippen molar-refractivity contribution in [1.29, 1.82) is 0 Å². The third-order valence-corrected chi connectivity index (χ3v) is 5.17. The first-order valence-corrected chi connectivity index (χ1v) is 9.99. The molecule has 6 heteroatoms. The summed E-state index contributed by atoms with van der Waals surface area (Å²) in [6.07, 6.45) is 2.86. The smallest absolute Gasteiger partial charge is 0.223 e. The van der Waals surface area contributed by atoms with Crippen molar-refractivity contribution in [3.8, 4) is 11.3 Å². The molecular formula is C24H23FN2O3. The van der Waals surface area contributed by atoms with E-state index in [0.29, 0.717) is 30.2 Å². The lowest BCUT2D eigenvalue weighted by atomic mass is 10.1. The Morgan fingerprint density at radius 1 is 1.10 bits per heavy atom. The Morgan fingerprint density at radius 3 is 2.67 bits per heavy atom. The van der Waals surface area contributed by atoms with Gasteiger partial charge in [0, 0.05) is 43.8 Å². The number of para-hydroxylation sites is 1. The predicted octanol–water partition coefficient (Wildman–Crippen LogP) is 5.38. The Kier molecular flexibility index (Phi) is 5.65. The van der Waals surface area contributed by atoms with Crippen molar-refractivity contribution >= 4 is 16.9 Å². The minimum absolute atomic E-state index is 0.0204. The van der Waals surface area contributed by atoms with Crippen LogP contribution in [-0.4, -0.2) is 22.8 Å². The summed E-state index contributed by atoms with van der Waals surface area (Å²) in [5, 5.41) is 1.04. The van der Waals surface area contributed by atoms with Crippen LogP contribution in [0.2, 0.25) is 0 Å². The normalized spacial score (nSPS) is 11.2. The van der Waals surface area contributed by atoms with Crippen LogP contribution in [0.25, 0.3) is 22.3 Å². The van der Waals surface area contributed by atoms with E-state index in [9.17, 15) is 9.18 Å². The van der Waals surface area contributed by atoms with Crippen LogP contribution in [0.3, 0.4) is 0 Å². The Labute approximate surface area is 174 Å². The van der Waals surface area contributed by atoms with Crippen molar-refractivity contribution in [3.63, 3.8) is 0 Å². The molecule has 5 nitrogen and oxygen atoms in total. The van der Waals surface area contributed by atoms with Gasteiger partial charge in [0.25, 0.3) is 0 Å². The zero-order valence-corrected chi connectivity index (χ0v) is 17.0. The average molecular weight is 406 g/mol. The van der Waals surface area contributed by atoms with E-state index in [4.69, 9.17) is 8.83 Å². The Morgan fingerprint density at radius 2 is 1.87 bits per heavy atom. The second-order valence-electron chi connectivity index (χ2n) is 7.20. The van der Waals surface area contributed by atoms with Gasteiger partial charge in [-0.25, -0.2) is 9.37 Å². The molecule has 0 saturated heterocycles. The van der Waals surface area contributed by atoms with Crippen LogP contribution in [0, 0.1) is 5.82 Å². The summed E-state index contributed by atoms with van der Waals surface area (Å²) >= 11 is 0. The van der Waals surface area contributed by atoms with E-state index >= 15 is 0 Å². The standard InChI is InChI=1S/C24H23FN2O3/c1-3-20-18(16-8-5-7-11-21(16)29-20)15-27(2)24(28)13-12-23-26-14-22(30-23)17-9-4-6-10-19(17)25/h4-11,14H,3,12-13,15H2,1-2H3. The first-order valence-electron chi connectivity index (χ1n) is 9.99. The fraction of sp³-hybridized carbons (Fsp3) is 0.250. The molecule has 0 fully saturated rings. The third kappa shape index (κ3) is 3.99. The number of aromatic nitrogens is 1. The van der Waals surface area contributed by atoms with Gasteiger partial charge < -0.3 is 13.7 Å². The lowest BCUT2D eigenvalue weighted by Gasteiger charge is -2.17. The van der Waals surface area contributed by atoms with Crippen LogP contribution in [0.5, 0.6) is 0 Å². The van der Waals surface area contributed by atoms with E-state index in [1.807, 2.05) is 31.2 Å². The van der Waals surface area contributed by atoms with Gasteiger partial charge in [-0.2, -0.15) is 0 Å². The van der Waals surface area contributed by atoms with Crippen LogP contribution in [0.4, 0.5) is 4.39 Å². The Hall–Kier alpha value is -3.41. The molecule has 0 bridgehead atoms. The number of rotatable bonds is 7. The maximum absolute atomic E-state index is 13.9. The number of aryl methyl sites for hydroxylation is 2. The first kappa shape index (κ1) is 19.9. The van der Waals surface area contributed by atoms with Gasteiger partial charge in [-0.3, -0.25) is 4.79 Å². The number of furan rings is 1. The van der Waals surface area contributed by atoms with Crippen LogP contribution in [-0.2, 0) is 24.2 Å². The molecule has 0 aliphatic heterocycles. The number of carbonyl (C=O) groups excluding carboxylic acids is 1. The van der Waals surface area contributed by atoms with Crippen LogP contribution < -0.4 is 0 Å². The van der Waals surface area contributed by atoms with E-state index in [1.165, 1.54) is 12.3 Å². The molecule has 0 N–H and O–H groups in total. The molecule has 0 spiro atoms. The molecule has 2 heterocycles. The van der Waals surface area contributed by atoms with Crippen molar-refractivity contribution in [2.24, 2.45) is 0 Å². The fourth-order valence-corrected chi connectivity index (χ4v) is 3.55. The van der Waals surface area contributed by atoms with Gasteiger partial charge >= 0.3 is 0 Å². The van der Waals surface area contributed by atoms with Crippen molar-refractivity contribution in [2.45, 2.75) is 32.7 Å². The van der Waals surface area contributed by atoms with Crippen LogP contribution in [0.1, 0.15) is 30.6 Å². The highest BCUT2D eigenvalue weighted by atomic mass is 19.1. The maximum Gasteiger partial charge on any atom is 0.223 e. The molecule has 0 radical (unpaired) electrons. The number of halogens is 1. The van der Waals surface area contributed by atoms with Gasteiger partial charge in [-0.05, 0) is 18.2 Å².